The van der Waals surface area contributed by atoms with Crippen molar-refractivity contribution in [3.05, 3.63) is 54.1 Å². The standard InChI is InChI=1S/C22H27N3O4/c1-23-14-18-6-4-12-25(18)22(27)16-8-10-19(11-9-16)29-15-21(26)24-17-5-3-7-20(13-17)28-2/h3,5,7-11,13,18,23H,4,6,12,14-15H2,1-2H3,(H,24,26). The summed E-state index contributed by atoms with van der Waals surface area (Å²) in [6, 6.07) is 14.3. The van der Waals surface area contributed by atoms with Gasteiger partial charge < -0.3 is 25.0 Å². The number of nitrogens with one attached hydrogen (secondary N) is 2. The van der Waals surface area contributed by atoms with E-state index in [-0.39, 0.29) is 24.5 Å². The molecule has 1 atom stereocenters. The van der Waals surface area contributed by atoms with E-state index in [1.807, 2.05) is 11.9 Å². The first-order valence-electron chi connectivity index (χ1n) is 9.73. The van der Waals surface area contributed by atoms with E-state index in [0.29, 0.717) is 22.7 Å². The van der Waals surface area contributed by atoms with E-state index < -0.39 is 0 Å². The van der Waals surface area contributed by atoms with Gasteiger partial charge in [0.25, 0.3) is 11.8 Å². The van der Waals surface area contributed by atoms with Gasteiger partial charge in [-0.15, -0.1) is 0 Å². The number of hydrogen-bond donors (Lipinski definition) is 2. The molecule has 2 N–H and O–H groups in total. The van der Waals surface area contributed by atoms with Crippen LogP contribution in [0.4, 0.5) is 5.69 Å². The Morgan fingerprint density at radius 2 is 1.93 bits per heavy atom. The second-order valence-corrected chi connectivity index (χ2v) is 6.95. The number of carbonyl (C=O) groups is 2. The Morgan fingerprint density at radius 1 is 1.14 bits per heavy atom. The van der Waals surface area contributed by atoms with Crippen molar-refractivity contribution in [2.75, 3.05) is 39.2 Å². The summed E-state index contributed by atoms with van der Waals surface area (Å²) in [6.07, 6.45) is 2.05. The molecule has 2 aromatic carbocycles. The summed E-state index contributed by atoms with van der Waals surface area (Å²) < 4.78 is 10.7. The molecule has 29 heavy (non-hydrogen) atoms. The lowest BCUT2D eigenvalue weighted by atomic mass is 10.1. The van der Waals surface area contributed by atoms with E-state index in [1.165, 1.54) is 0 Å². The molecule has 1 unspecified atom stereocenters. The highest BCUT2D eigenvalue weighted by atomic mass is 16.5. The zero-order valence-corrected chi connectivity index (χ0v) is 16.8. The topological polar surface area (TPSA) is 79.9 Å². The summed E-state index contributed by atoms with van der Waals surface area (Å²) in [6.45, 7) is 1.46. The maximum absolute atomic E-state index is 12.7. The zero-order chi connectivity index (χ0) is 20.6. The molecule has 0 radical (unpaired) electrons. The average Bonchev–Trinajstić information content (AvgIpc) is 3.21. The fourth-order valence-corrected chi connectivity index (χ4v) is 3.46. The number of ether oxygens (including phenoxy) is 2. The largest absolute Gasteiger partial charge is 0.497 e. The summed E-state index contributed by atoms with van der Waals surface area (Å²) in [7, 11) is 3.47. The van der Waals surface area contributed by atoms with Gasteiger partial charge in [-0.25, -0.2) is 0 Å². The van der Waals surface area contributed by atoms with Crippen molar-refractivity contribution in [3.8, 4) is 11.5 Å². The monoisotopic (exact) mass is 397 g/mol. The molecule has 3 rings (SSSR count). The van der Waals surface area contributed by atoms with Gasteiger partial charge in [0.2, 0.25) is 0 Å². The molecule has 0 saturated carbocycles. The average molecular weight is 397 g/mol. The number of carbonyl (C=O) groups excluding carboxylic acids is 2. The van der Waals surface area contributed by atoms with Crippen LogP contribution >= 0.6 is 0 Å². The van der Waals surface area contributed by atoms with Gasteiger partial charge >= 0.3 is 0 Å². The van der Waals surface area contributed by atoms with Crippen molar-refractivity contribution in [1.29, 1.82) is 0 Å². The third-order valence-corrected chi connectivity index (χ3v) is 4.90. The van der Waals surface area contributed by atoms with Crippen LogP contribution < -0.4 is 20.1 Å². The quantitative estimate of drug-likeness (QED) is 0.716. The van der Waals surface area contributed by atoms with Gasteiger partial charge in [-0.05, 0) is 56.3 Å². The van der Waals surface area contributed by atoms with Gasteiger partial charge in [-0.3, -0.25) is 9.59 Å². The summed E-state index contributed by atoms with van der Waals surface area (Å²) in [5, 5.41) is 5.91. The van der Waals surface area contributed by atoms with Gasteiger partial charge in [-0.1, -0.05) is 6.07 Å². The third-order valence-electron chi connectivity index (χ3n) is 4.90. The molecule has 0 aliphatic carbocycles. The Kier molecular flexibility index (Phi) is 7.08. The Morgan fingerprint density at radius 3 is 2.66 bits per heavy atom. The number of anilines is 1. The highest BCUT2D eigenvalue weighted by Crippen LogP contribution is 2.21. The Balaban J connectivity index is 1.52. The van der Waals surface area contributed by atoms with Gasteiger partial charge in [0.1, 0.15) is 11.5 Å². The lowest BCUT2D eigenvalue weighted by Gasteiger charge is -2.24. The van der Waals surface area contributed by atoms with E-state index in [1.54, 1.807) is 55.6 Å². The summed E-state index contributed by atoms with van der Waals surface area (Å²) in [5.74, 6) is 0.963. The summed E-state index contributed by atoms with van der Waals surface area (Å²) in [5.41, 5.74) is 1.27. The predicted molar refractivity (Wildman–Crippen MR) is 112 cm³/mol. The van der Waals surface area contributed by atoms with E-state index >= 15 is 0 Å². The van der Waals surface area contributed by atoms with Crippen LogP contribution in [-0.2, 0) is 4.79 Å². The molecule has 1 saturated heterocycles. The van der Waals surface area contributed by atoms with Crippen molar-refractivity contribution in [2.45, 2.75) is 18.9 Å². The Labute approximate surface area is 171 Å². The van der Waals surface area contributed by atoms with Crippen molar-refractivity contribution in [3.63, 3.8) is 0 Å². The van der Waals surface area contributed by atoms with Gasteiger partial charge in [0, 0.05) is 36.4 Å². The fourth-order valence-electron chi connectivity index (χ4n) is 3.46. The highest BCUT2D eigenvalue weighted by molar-refractivity contribution is 5.95. The molecule has 1 aliphatic heterocycles. The molecule has 1 aliphatic rings. The SMILES string of the molecule is CNCC1CCCN1C(=O)c1ccc(OCC(=O)Nc2cccc(OC)c2)cc1. The molecular weight excluding hydrogens is 370 g/mol. The number of likely N-dealkylation sites (tertiary alicyclic amines) is 1. The maximum atomic E-state index is 12.7. The fraction of sp³-hybridized carbons (Fsp3) is 0.364. The van der Waals surface area contributed by atoms with Crippen LogP contribution in [-0.4, -0.2) is 56.6 Å². The number of likely N-dealkylation sites (N-methyl/N-ethyl adjacent to an activating group) is 1. The van der Waals surface area contributed by atoms with E-state index in [4.69, 9.17) is 9.47 Å². The van der Waals surface area contributed by atoms with Gasteiger partial charge in [0.15, 0.2) is 6.61 Å². The minimum Gasteiger partial charge on any atom is -0.497 e. The lowest BCUT2D eigenvalue weighted by Crippen LogP contribution is -2.40. The molecule has 7 nitrogen and oxygen atoms in total. The van der Waals surface area contributed by atoms with Crippen LogP contribution in [0.3, 0.4) is 0 Å². The lowest BCUT2D eigenvalue weighted by molar-refractivity contribution is -0.118. The number of amides is 2. The van der Waals surface area contributed by atoms with Crippen molar-refractivity contribution in [1.82, 2.24) is 10.2 Å². The van der Waals surface area contributed by atoms with Crippen LogP contribution in [0.15, 0.2) is 48.5 Å². The van der Waals surface area contributed by atoms with E-state index in [2.05, 4.69) is 10.6 Å². The van der Waals surface area contributed by atoms with Crippen molar-refractivity contribution < 1.29 is 19.1 Å². The molecule has 2 aromatic rings. The number of methoxy groups -OCH3 is 1. The molecule has 0 bridgehead atoms. The molecule has 1 fully saturated rings. The van der Waals surface area contributed by atoms with Crippen LogP contribution in [0.25, 0.3) is 0 Å². The van der Waals surface area contributed by atoms with E-state index in [9.17, 15) is 9.59 Å². The number of benzene rings is 2. The molecular formula is C22H27N3O4. The third kappa shape index (κ3) is 5.48. The summed E-state index contributed by atoms with van der Waals surface area (Å²) in [4.78, 5) is 26.8. The second-order valence-electron chi connectivity index (χ2n) is 6.95. The summed E-state index contributed by atoms with van der Waals surface area (Å²) >= 11 is 0. The number of rotatable bonds is 8. The number of hydrogen-bond acceptors (Lipinski definition) is 5. The minimum atomic E-state index is -0.273. The van der Waals surface area contributed by atoms with Crippen LogP contribution in [0, 0.1) is 0 Å². The zero-order valence-electron chi connectivity index (χ0n) is 16.8. The molecule has 1 heterocycles. The van der Waals surface area contributed by atoms with Crippen LogP contribution in [0.5, 0.6) is 11.5 Å². The molecule has 154 valence electrons. The van der Waals surface area contributed by atoms with Crippen LogP contribution in [0.2, 0.25) is 0 Å². The second kappa shape index (κ2) is 9.93. The first-order chi connectivity index (χ1) is 14.1. The smallest absolute Gasteiger partial charge is 0.262 e. The highest BCUT2D eigenvalue weighted by Gasteiger charge is 2.28. The first kappa shape index (κ1) is 20.7. The Hall–Kier alpha value is -3.06. The van der Waals surface area contributed by atoms with Crippen LogP contribution in [0.1, 0.15) is 23.2 Å². The van der Waals surface area contributed by atoms with Crippen molar-refractivity contribution in [2.24, 2.45) is 0 Å². The van der Waals surface area contributed by atoms with Gasteiger partial charge in [-0.2, -0.15) is 0 Å². The minimum absolute atomic E-state index is 0.0325. The molecule has 0 spiro atoms. The Bertz CT molecular complexity index is 838. The van der Waals surface area contributed by atoms with E-state index in [0.717, 1.165) is 25.9 Å². The van der Waals surface area contributed by atoms with Gasteiger partial charge in [0.05, 0.1) is 7.11 Å². The molecule has 0 aromatic heterocycles. The number of nitrogens with zero attached hydrogens (tertiary/aromatic N) is 1. The van der Waals surface area contributed by atoms with Crippen molar-refractivity contribution >= 4 is 17.5 Å². The normalized spacial score (nSPS) is 15.8. The predicted octanol–water partition coefficient (Wildman–Crippen LogP) is 2.54. The maximum Gasteiger partial charge on any atom is 0.262 e. The molecule has 2 amide bonds. The first-order valence-corrected chi connectivity index (χ1v) is 9.73. The molecule has 7 heteroatoms.